The minimum Gasteiger partial charge on any atom is -0.388 e. The first-order valence-corrected chi connectivity index (χ1v) is 7.71. The maximum Gasteiger partial charge on any atom is 0.242 e. The van der Waals surface area contributed by atoms with E-state index in [1.807, 2.05) is 45.0 Å². The van der Waals surface area contributed by atoms with Crippen LogP contribution >= 0.6 is 0 Å². The third kappa shape index (κ3) is 3.38. The van der Waals surface area contributed by atoms with Crippen molar-refractivity contribution in [1.29, 1.82) is 0 Å². The number of aliphatic hydroxyl groups is 1. The first-order chi connectivity index (χ1) is 9.85. The van der Waals surface area contributed by atoms with Crippen LogP contribution < -0.4 is 10.2 Å². The molecular weight excluding hydrogens is 264 g/mol. The molecule has 21 heavy (non-hydrogen) atoms. The van der Waals surface area contributed by atoms with Gasteiger partial charge < -0.3 is 15.3 Å². The Morgan fingerprint density at radius 1 is 1.48 bits per heavy atom. The summed E-state index contributed by atoms with van der Waals surface area (Å²) >= 11 is 0. The Bertz CT molecular complexity index is 513. The van der Waals surface area contributed by atoms with Crippen LogP contribution in [0.3, 0.4) is 0 Å². The Hall–Kier alpha value is -1.55. The van der Waals surface area contributed by atoms with Crippen LogP contribution in [0.5, 0.6) is 0 Å². The second-order valence-electron chi connectivity index (χ2n) is 6.46. The van der Waals surface area contributed by atoms with Gasteiger partial charge in [-0.3, -0.25) is 4.79 Å². The molecule has 0 saturated heterocycles. The highest BCUT2D eigenvalue weighted by molar-refractivity contribution is 5.86. The number of carbonyl (C=O) groups is 1. The Kier molecular flexibility index (Phi) is 4.57. The van der Waals surface area contributed by atoms with Crippen LogP contribution in [-0.2, 0) is 4.79 Å². The van der Waals surface area contributed by atoms with Gasteiger partial charge in [0, 0.05) is 23.3 Å². The summed E-state index contributed by atoms with van der Waals surface area (Å²) < 4.78 is 0. The normalized spacial score (nSPS) is 19.9. The summed E-state index contributed by atoms with van der Waals surface area (Å²) in [6, 6.07) is 7.55. The molecule has 116 valence electrons. The lowest BCUT2D eigenvalue weighted by atomic mass is 9.96. The summed E-state index contributed by atoms with van der Waals surface area (Å²) in [5.74, 6) is 0.0352. The number of nitrogens with one attached hydrogen (secondary N) is 1. The van der Waals surface area contributed by atoms with E-state index in [1.54, 1.807) is 0 Å². The van der Waals surface area contributed by atoms with Gasteiger partial charge in [0.15, 0.2) is 0 Å². The molecule has 1 amide bonds. The first-order valence-electron chi connectivity index (χ1n) is 7.71. The van der Waals surface area contributed by atoms with Gasteiger partial charge in [-0.2, -0.15) is 0 Å². The molecule has 2 atom stereocenters. The summed E-state index contributed by atoms with van der Waals surface area (Å²) in [6.45, 7) is 8.75. The van der Waals surface area contributed by atoms with E-state index >= 15 is 0 Å². The molecule has 2 N–H and O–H groups in total. The molecule has 1 heterocycles. The number of fused-ring (bicyclic) bond motifs is 1. The number of hydrogen-bond acceptors (Lipinski definition) is 3. The average molecular weight is 290 g/mol. The van der Waals surface area contributed by atoms with Gasteiger partial charge in [-0.05, 0) is 39.7 Å². The smallest absolute Gasteiger partial charge is 0.242 e. The van der Waals surface area contributed by atoms with Crippen molar-refractivity contribution in [2.45, 2.75) is 58.2 Å². The maximum absolute atomic E-state index is 12.5. The highest BCUT2D eigenvalue weighted by Crippen LogP contribution is 2.34. The highest BCUT2D eigenvalue weighted by Gasteiger charge is 2.31. The molecule has 4 nitrogen and oxygen atoms in total. The van der Waals surface area contributed by atoms with Crippen molar-refractivity contribution < 1.29 is 9.90 Å². The second kappa shape index (κ2) is 6.06. The lowest BCUT2D eigenvalue weighted by Crippen LogP contribution is -2.53. The van der Waals surface area contributed by atoms with Gasteiger partial charge in [-0.15, -0.1) is 0 Å². The van der Waals surface area contributed by atoms with E-state index in [0.29, 0.717) is 13.0 Å². The molecule has 1 aromatic carbocycles. The summed E-state index contributed by atoms with van der Waals surface area (Å²) in [5, 5.41) is 13.2. The molecule has 0 fully saturated rings. The number of hydrogen-bond donors (Lipinski definition) is 2. The quantitative estimate of drug-likeness (QED) is 0.896. The maximum atomic E-state index is 12.5. The Balaban J connectivity index is 2.19. The third-order valence-electron chi connectivity index (χ3n) is 4.44. The van der Waals surface area contributed by atoms with E-state index in [4.69, 9.17) is 0 Å². The summed E-state index contributed by atoms with van der Waals surface area (Å²) in [4.78, 5) is 14.6. The SMILES string of the molecule is CCC(C)(C)NC(=O)C(C)N1CCC(O)c2ccccc21. The van der Waals surface area contributed by atoms with Crippen LogP contribution in [0.15, 0.2) is 24.3 Å². The van der Waals surface area contributed by atoms with Gasteiger partial charge in [0.05, 0.1) is 6.10 Å². The number of benzene rings is 1. The van der Waals surface area contributed by atoms with E-state index in [-0.39, 0.29) is 17.5 Å². The monoisotopic (exact) mass is 290 g/mol. The van der Waals surface area contributed by atoms with Gasteiger partial charge in [0.1, 0.15) is 6.04 Å². The summed E-state index contributed by atoms with van der Waals surface area (Å²) in [5.41, 5.74) is 1.69. The Morgan fingerprint density at radius 3 is 2.81 bits per heavy atom. The fourth-order valence-electron chi connectivity index (χ4n) is 2.64. The summed E-state index contributed by atoms with van der Waals surface area (Å²) in [6.07, 6.45) is 1.12. The molecule has 0 radical (unpaired) electrons. The van der Waals surface area contributed by atoms with Crippen molar-refractivity contribution in [3.05, 3.63) is 29.8 Å². The molecule has 0 saturated carbocycles. The predicted molar refractivity (Wildman–Crippen MR) is 85.3 cm³/mol. The standard InChI is InChI=1S/C17H26N2O2/c1-5-17(3,4)18-16(21)12(2)19-11-10-15(20)13-8-6-7-9-14(13)19/h6-9,12,15,20H,5,10-11H2,1-4H3,(H,18,21). The fraction of sp³-hybridized carbons (Fsp3) is 0.588. The van der Waals surface area contributed by atoms with Crippen molar-refractivity contribution in [2.75, 3.05) is 11.4 Å². The van der Waals surface area contributed by atoms with Crippen LogP contribution in [0.1, 0.15) is 52.2 Å². The van der Waals surface area contributed by atoms with Gasteiger partial charge in [-0.1, -0.05) is 25.1 Å². The minimum atomic E-state index is -0.431. The van der Waals surface area contributed by atoms with Crippen molar-refractivity contribution in [2.24, 2.45) is 0 Å². The van der Waals surface area contributed by atoms with Crippen molar-refractivity contribution in [3.8, 4) is 0 Å². The van der Waals surface area contributed by atoms with Gasteiger partial charge >= 0.3 is 0 Å². The number of carbonyl (C=O) groups excluding carboxylic acids is 1. The van der Waals surface area contributed by atoms with Crippen LogP contribution in [-0.4, -0.2) is 29.1 Å². The number of nitrogens with zero attached hydrogens (tertiary/aromatic N) is 1. The summed E-state index contributed by atoms with van der Waals surface area (Å²) in [7, 11) is 0. The van der Waals surface area contributed by atoms with E-state index in [1.165, 1.54) is 0 Å². The van der Waals surface area contributed by atoms with Gasteiger partial charge in [-0.25, -0.2) is 0 Å². The van der Waals surface area contributed by atoms with Crippen LogP contribution in [0.2, 0.25) is 0 Å². The number of anilines is 1. The van der Waals surface area contributed by atoms with Crippen LogP contribution in [0, 0.1) is 0 Å². The molecule has 0 aliphatic carbocycles. The van der Waals surface area contributed by atoms with E-state index < -0.39 is 6.10 Å². The lowest BCUT2D eigenvalue weighted by Gasteiger charge is -2.38. The molecule has 1 aromatic rings. The molecular formula is C17H26N2O2. The minimum absolute atomic E-state index is 0.0352. The zero-order valence-electron chi connectivity index (χ0n) is 13.4. The molecule has 0 bridgehead atoms. The molecule has 1 aliphatic heterocycles. The zero-order valence-corrected chi connectivity index (χ0v) is 13.4. The number of rotatable bonds is 4. The van der Waals surface area contributed by atoms with Crippen molar-refractivity contribution in [3.63, 3.8) is 0 Å². The van der Waals surface area contributed by atoms with Crippen molar-refractivity contribution in [1.82, 2.24) is 5.32 Å². The number of amides is 1. The number of aliphatic hydroxyl groups excluding tert-OH is 1. The van der Waals surface area contributed by atoms with Gasteiger partial charge in [0.25, 0.3) is 0 Å². The Morgan fingerprint density at radius 2 is 2.14 bits per heavy atom. The van der Waals surface area contributed by atoms with Crippen LogP contribution in [0.4, 0.5) is 5.69 Å². The molecule has 0 spiro atoms. The molecule has 1 aliphatic rings. The van der Waals surface area contributed by atoms with Gasteiger partial charge in [0.2, 0.25) is 5.91 Å². The first kappa shape index (κ1) is 15.8. The topological polar surface area (TPSA) is 52.6 Å². The van der Waals surface area contributed by atoms with Crippen molar-refractivity contribution >= 4 is 11.6 Å². The Labute approximate surface area is 127 Å². The molecule has 2 rings (SSSR count). The molecule has 2 unspecified atom stereocenters. The largest absolute Gasteiger partial charge is 0.388 e. The number of para-hydroxylation sites is 1. The second-order valence-corrected chi connectivity index (χ2v) is 6.46. The van der Waals surface area contributed by atoms with Crippen LogP contribution in [0.25, 0.3) is 0 Å². The predicted octanol–water partition coefficient (Wildman–Crippen LogP) is 2.62. The van der Waals surface area contributed by atoms with E-state index in [0.717, 1.165) is 17.7 Å². The highest BCUT2D eigenvalue weighted by atomic mass is 16.3. The van der Waals surface area contributed by atoms with E-state index in [9.17, 15) is 9.90 Å². The zero-order chi connectivity index (χ0) is 15.6. The average Bonchev–Trinajstić information content (AvgIpc) is 2.47. The molecule has 0 aromatic heterocycles. The molecule has 4 heteroatoms. The lowest BCUT2D eigenvalue weighted by molar-refractivity contribution is -0.123. The van der Waals surface area contributed by atoms with E-state index in [2.05, 4.69) is 17.1 Å². The fourth-order valence-corrected chi connectivity index (χ4v) is 2.64. The third-order valence-corrected chi connectivity index (χ3v) is 4.44.